The molecule has 0 radical (unpaired) electrons. The Morgan fingerprint density at radius 3 is 2.41 bits per heavy atom. The molecule has 0 bridgehead atoms. The van der Waals surface area contributed by atoms with Crippen molar-refractivity contribution in [1.82, 2.24) is 0 Å². The second kappa shape index (κ2) is 9.47. The van der Waals surface area contributed by atoms with Gasteiger partial charge in [-0.05, 0) is 48.4 Å². The number of amides is 1. The van der Waals surface area contributed by atoms with Crippen LogP contribution in [0.25, 0.3) is 11.3 Å². The number of carbonyl (C=O) groups is 1. The molecule has 2 aromatic carbocycles. The van der Waals surface area contributed by atoms with E-state index in [1.165, 1.54) is 5.56 Å². The average molecular weight is 390 g/mol. The number of rotatable bonds is 8. The van der Waals surface area contributed by atoms with Crippen molar-refractivity contribution in [1.29, 1.82) is 5.26 Å². The van der Waals surface area contributed by atoms with Crippen molar-refractivity contribution in [2.24, 2.45) is 0 Å². The number of furan rings is 1. The van der Waals surface area contributed by atoms with Gasteiger partial charge in [0.1, 0.15) is 28.9 Å². The molecule has 1 aromatic heterocycles. The van der Waals surface area contributed by atoms with E-state index >= 15 is 0 Å². The Kier molecular flexibility index (Phi) is 6.54. The number of hydrogen-bond donors (Lipinski definition) is 1. The summed E-state index contributed by atoms with van der Waals surface area (Å²) in [6, 6.07) is 18.5. The van der Waals surface area contributed by atoms with Gasteiger partial charge in [0.2, 0.25) is 5.88 Å². The van der Waals surface area contributed by atoms with Crippen LogP contribution in [0, 0.1) is 11.3 Å². The minimum atomic E-state index is -0.408. The molecule has 0 saturated carbocycles. The molecule has 0 aliphatic carbocycles. The van der Waals surface area contributed by atoms with Crippen LogP contribution in [0.4, 0.5) is 5.88 Å². The van der Waals surface area contributed by atoms with Crippen LogP contribution in [-0.2, 0) is 11.2 Å². The third-order valence-electron chi connectivity index (χ3n) is 4.31. The minimum Gasteiger partial charge on any atom is -0.497 e. The maximum atomic E-state index is 12.2. The Hall–Kier alpha value is -3.72. The molecule has 3 aromatic rings. The largest absolute Gasteiger partial charge is 0.497 e. The summed E-state index contributed by atoms with van der Waals surface area (Å²) in [7, 11) is 1.59. The predicted octanol–water partition coefficient (Wildman–Crippen LogP) is 4.80. The minimum absolute atomic E-state index is 0.102. The number of nitriles is 1. The fourth-order valence-corrected chi connectivity index (χ4v) is 2.82. The van der Waals surface area contributed by atoms with E-state index in [0.29, 0.717) is 17.3 Å². The SMILES string of the molecule is CCCc1ccc(OCC(=O)Nc2oc(-c3ccc(OC)cc3)cc2C#N)cc1. The van der Waals surface area contributed by atoms with Gasteiger partial charge in [0.25, 0.3) is 5.91 Å². The molecule has 0 saturated heterocycles. The highest BCUT2D eigenvalue weighted by molar-refractivity contribution is 5.92. The second-order valence-electron chi connectivity index (χ2n) is 6.42. The standard InChI is InChI=1S/C23H22N2O4/c1-3-4-16-5-9-20(10-6-16)28-15-22(26)25-23-18(14-24)13-21(29-23)17-7-11-19(27-2)12-8-17/h5-13H,3-4,15H2,1-2H3,(H,25,26). The highest BCUT2D eigenvalue weighted by Crippen LogP contribution is 2.30. The Balaban J connectivity index is 1.63. The summed E-state index contributed by atoms with van der Waals surface area (Å²) < 4.78 is 16.3. The first-order valence-electron chi connectivity index (χ1n) is 9.33. The number of methoxy groups -OCH3 is 1. The number of nitrogens with one attached hydrogen (secondary N) is 1. The third kappa shape index (κ3) is 5.17. The lowest BCUT2D eigenvalue weighted by Crippen LogP contribution is -2.20. The molecule has 6 heteroatoms. The van der Waals surface area contributed by atoms with Crippen LogP contribution in [-0.4, -0.2) is 19.6 Å². The summed E-state index contributed by atoms with van der Waals surface area (Å²) in [6.07, 6.45) is 2.08. The Bertz CT molecular complexity index is 999. The van der Waals surface area contributed by atoms with Gasteiger partial charge in [-0.1, -0.05) is 25.5 Å². The number of hydrogen-bond acceptors (Lipinski definition) is 5. The van der Waals surface area contributed by atoms with Gasteiger partial charge in [-0.25, -0.2) is 0 Å². The maximum Gasteiger partial charge on any atom is 0.264 e. The second-order valence-corrected chi connectivity index (χ2v) is 6.42. The highest BCUT2D eigenvalue weighted by Gasteiger charge is 2.15. The van der Waals surface area contributed by atoms with E-state index in [1.807, 2.05) is 42.5 Å². The smallest absolute Gasteiger partial charge is 0.264 e. The van der Waals surface area contributed by atoms with Crippen molar-refractivity contribution in [2.75, 3.05) is 19.0 Å². The van der Waals surface area contributed by atoms with Gasteiger partial charge < -0.3 is 13.9 Å². The van der Waals surface area contributed by atoms with Crippen molar-refractivity contribution < 1.29 is 18.7 Å². The number of benzene rings is 2. The lowest BCUT2D eigenvalue weighted by Gasteiger charge is -2.07. The summed E-state index contributed by atoms with van der Waals surface area (Å²) >= 11 is 0. The fourth-order valence-electron chi connectivity index (χ4n) is 2.82. The van der Waals surface area contributed by atoms with Crippen LogP contribution < -0.4 is 14.8 Å². The molecule has 1 N–H and O–H groups in total. The summed E-state index contributed by atoms with van der Waals surface area (Å²) in [5, 5.41) is 11.9. The normalized spacial score (nSPS) is 10.2. The van der Waals surface area contributed by atoms with Crippen LogP contribution >= 0.6 is 0 Å². The Morgan fingerprint density at radius 2 is 1.79 bits per heavy atom. The zero-order valence-electron chi connectivity index (χ0n) is 16.4. The lowest BCUT2D eigenvalue weighted by molar-refractivity contribution is -0.118. The molecule has 0 unspecified atom stereocenters. The van der Waals surface area contributed by atoms with Gasteiger partial charge in [-0.2, -0.15) is 5.26 Å². The van der Waals surface area contributed by atoms with Crippen molar-refractivity contribution in [3.8, 4) is 28.9 Å². The summed E-state index contributed by atoms with van der Waals surface area (Å²) in [5.41, 5.74) is 2.24. The molecule has 0 aliphatic heterocycles. The molecule has 0 aliphatic rings. The number of anilines is 1. The molecule has 3 rings (SSSR count). The van der Waals surface area contributed by atoms with Crippen molar-refractivity contribution in [3.63, 3.8) is 0 Å². The average Bonchev–Trinajstić information content (AvgIpc) is 3.16. The molecule has 1 heterocycles. The molecule has 148 valence electrons. The van der Waals surface area contributed by atoms with E-state index < -0.39 is 5.91 Å². The topological polar surface area (TPSA) is 84.5 Å². The van der Waals surface area contributed by atoms with Gasteiger partial charge in [-0.15, -0.1) is 0 Å². The predicted molar refractivity (Wildman–Crippen MR) is 110 cm³/mol. The van der Waals surface area contributed by atoms with Gasteiger partial charge in [0, 0.05) is 11.6 Å². The summed E-state index contributed by atoms with van der Waals surface area (Å²) in [5.74, 6) is 1.50. The Labute approximate surface area is 169 Å². The van der Waals surface area contributed by atoms with E-state index in [4.69, 9.17) is 13.9 Å². The molecular formula is C23H22N2O4. The first-order chi connectivity index (χ1) is 14.1. The monoisotopic (exact) mass is 390 g/mol. The lowest BCUT2D eigenvalue weighted by atomic mass is 10.1. The van der Waals surface area contributed by atoms with Crippen molar-refractivity contribution in [2.45, 2.75) is 19.8 Å². The fraction of sp³-hybridized carbons (Fsp3) is 0.217. The molecular weight excluding hydrogens is 368 g/mol. The van der Waals surface area contributed by atoms with E-state index in [0.717, 1.165) is 18.4 Å². The van der Waals surface area contributed by atoms with E-state index in [-0.39, 0.29) is 18.1 Å². The zero-order chi connectivity index (χ0) is 20.6. The molecule has 0 fully saturated rings. The maximum absolute atomic E-state index is 12.2. The van der Waals surface area contributed by atoms with Gasteiger partial charge in [0.15, 0.2) is 6.61 Å². The van der Waals surface area contributed by atoms with E-state index in [2.05, 4.69) is 12.2 Å². The summed E-state index contributed by atoms with van der Waals surface area (Å²) in [4.78, 5) is 12.2. The molecule has 6 nitrogen and oxygen atoms in total. The van der Waals surface area contributed by atoms with Gasteiger partial charge in [0.05, 0.1) is 7.11 Å². The van der Waals surface area contributed by atoms with Crippen LogP contribution in [0.1, 0.15) is 24.5 Å². The van der Waals surface area contributed by atoms with Crippen LogP contribution in [0.3, 0.4) is 0 Å². The first kappa shape index (κ1) is 20.0. The summed E-state index contributed by atoms with van der Waals surface area (Å²) in [6.45, 7) is 1.94. The highest BCUT2D eigenvalue weighted by atomic mass is 16.5. The molecule has 0 atom stereocenters. The van der Waals surface area contributed by atoms with Crippen LogP contribution in [0.2, 0.25) is 0 Å². The number of carbonyl (C=O) groups excluding carboxylic acids is 1. The van der Waals surface area contributed by atoms with Crippen LogP contribution in [0.15, 0.2) is 59.0 Å². The molecule has 1 amide bonds. The van der Waals surface area contributed by atoms with Crippen molar-refractivity contribution >= 4 is 11.8 Å². The Morgan fingerprint density at radius 1 is 1.10 bits per heavy atom. The zero-order valence-corrected chi connectivity index (χ0v) is 16.4. The van der Waals surface area contributed by atoms with Gasteiger partial charge in [-0.3, -0.25) is 10.1 Å². The van der Waals surface area contributed by atoms with Crippen LogP contribution in [0.5, 0.6) is 11.5 Å². The van der Waals surface area contributed by atoms with Gasteiger partial charge >= 0.3 is 0 Å². The quantitative estimate of drug-likeness (QED) is 0.597. The molecule has 0 spiro atoms. The third-order valence-corrected chi connectivity index (χ3v) is 4.31. The molecule has 29 heavy (non-hydrogen) atoms. The van der Waals surface area contributed by atoms with E-state index in [1.54, 1.807) is 25.3 Å². The first-order valence-corrected chi connectivity index (χ1v) is 9.33. The number of nitrogens with zero attached hydrogens (tertiary/aromatic N) is 1. The van der Waals surface area contributed by atoms with E-state index in [9.17, 15) is 10.1 Å². The number of aryl methyl sites for hydroxylation is 1. The van der Waals surface area contributed by atoms with Crippen molar-refractivity contribution in [3.05, 3.63) is 65.7 Å². The number of ether oxygens (including phenoxy) is 2.